The third-order valence-electron chi connectivity index (χ3n) is 2.55. The van der Waals surface area contributed by atoms with Crippen molar-refractivity contribution in [1.82, 2.24) is 0 Å². The van der Waals surface area contributed by atoms with Gasteiger partial charge in [-0.25, -0.2) is 0 Å². The van der Waals surface area contributed by atoms with Gasteiger partial charge in [-0.2, -0.15) is 0 Å². The largest absolute Gasteiger partial charge is 0.457 e. The molecule has 0 fully saturated rings. The van der Waals surface area contributed by atoms with Gasteiger partial charge in [-0.15, -0.1) is 0 Å². The number of para-hydroxylation sites is 1. The maximum Gasteiger partial charge on any atom is 0.134 e. The van der Waals surface area contributed by atoms with Crippen LogP contribution >= 0.6 is 11.6 Å². The highest BCUT2D eigenvalue weighted by atomic mass is 35.5. The first-order valence-corrected chi connectivity index (χ1v) is 5.72. The quantitative estimate of drug-likeness (QED) is 0.892. The van der Waals surface area contributed by atoms with Gasteiger partial charge in [0.05, 0.1) is 6.61 Å². The van der Waals surface area contributed by atoms with Crippen LogP contribution in [0.15, 0.2) is 42.5 Å². The van der Waals surface area contributed by atoms with Crippen LogP contribution in [0.25, 0.3) is 0 Å². The molecule has 88 valence electrons. The van der Waals surface area contributed by atoms with E-state index in [0.717, 1.165) is 11.3 Å². The Kier molecular flexibility index (Phi) is 3.67. The Morgan fingerprint density at radius 1 is 1.06 bits per heavy atom. The van der Waals surface area contributed by atoms with E-state index in [-0.39, 0.29) is 6.61 Å². The summed E-state index contributed by atoms with van der Waals surface area (Å²) in [7, 11) is 0. The predicted molar refractivity (Wildman–Crippen MR) is 68.6 cm³/mol. The summed E-state index contributed by atoms with van der Waals surface area (Å²) in [5.41, 5.74) is 1.65. The molecule has 3 heteroatoms. The molecule has 17 heavy (non-hydrogen) atoms. The number of hydrogen-bond donors (Lipinski definition) is 1. The number of aryl methyl sites for hydroxylation is 1. The minimum atomic E-state index is -0.138. The fraction of sp³-hybridized carbons (Fsp3) is 0.143. The van der Waals surface area contributed by atoms with Gasteiger partial charge in [0.2, 0.25) is 0 Å². The van der Waals surface area contributed by atoms with Crippen LogP contribution in [-0.4, -0.2) is 5.11 Å². The van der Waals surface area contributed by atoms with Crippen LogP contribution in [0.2, 0.25) is 5.02 Å². The molecule has 0 spiro atoms. The Hall–Kier alpha value is -1.51. The molecular formula is C14H13ClO2. The van der Waals surface area contributed by atoms with Gasteiger partial charge in [0, 0.05) is 10.6 Å². The van der Waals surface area contributed by atoms with Crippen molar-refractivity contribution in [3.05, 3.63) is 58.6 Å². The van der Waals surface area contributed by atoms with Crippen LogP contribution in [0.4, 0.5) is 0 Å². The minimum absolute atomic E-state index is 0.138. The van der Waals surface area contributed by atoms with E-state index in [2.05, 4.69) is 0 Å². The number of halogens is 1. The first-order chi connectivity index (χ1) is 8.22. The van der Waals surface area contributed by atoms with Crippen molar-refractivity contribution >= 4 is 11.6 Å². The van der Waals surface area contributed by atoms with Crippen LogP contribution in [0, 0.1) is 6.92 Å². The van der Waals surface area contributed by atoms with Gasteiger partial charge >= 0.3 is 0 Å². The molecule has 0 unspecified atom stereocenters. The van der Waals surface area contributed by atoms with Gasteiger partial charge in [0.15, 0.2) is 0 Å². The van der Waals surface area contributed by atoms with E-state index in [9.17, 15) is 5.11 Å². The van der Waals surface area contributed by atoms with Crippen molar-refractivity contribution in [1.29, 1.82) is 0 Å². The zero-order valence-corrected chi connectivity index (χ0v) is 10.2. The summed E-state index contributed by atoms with van der Waals surface area (Å²) in [5.74, 6) is 1.36. The third kappa shape index (κ3) is 2.60. The summed E-state index contributed by atoms with van der Waals surface area (Å²) in [6, 6.07) is 13.0. The maximum atomic E-state index is 9.28. The molecule has 0 aliphatic carbocycles. The van der Waals surface area contributed by atoms with Crippen LogP contribution in [0.5, 0.6) is 11.5 Å². The number of benzene rings is 2. The molecule has 2 aromatic rings. The van der Waals surface area contributed by atoms with Gasteiger partial charge in [0.1, 0.15) is 11.5 Å². The molecule has 0 amide bonds. The number of ether oxygens (including phenoxy) is 1. The fourth-order valence-electron chi connectivity index (χ4n) is 1.58. The lowest BCUT2D eigenvalue weighted by molar-refractivity contribution is 0.276. The molecule has 2 aromatic carbocycles. The molecule has 0 aliphatic rings. The highest BCUT2D eigenvalue weighted by Crippen LogP contribution is 2.31. The second kappa shape index (κ2) is 5.21. The van der Waals surface area contributed by atoms with Crippen LogP contribution in [0.1, 0.15) is 11.1 Å². The Labute approximate surface area is 105 Å². The Bertz CT molecular complexity index is 523. The number of aliphatic hydroxyl groups excluding tert-OH is 1. The van der Waals surface area contributed by atoms with Crippen molar-refractivity contribution in [3.63, 3.8) is 0 Å². The molecule has 0 saturated heterocycles. The summed E-state index contributed by atoms with van der Waals surface area (Å²) < 4.78 is 5.77. The fourth-order valence-corrected chi connectivity index (χ4v) is 1.80. The summed E-state index contributed by atoms with van der Waals surface area (Å²) in [5, 5.41) is 9.79. The molecular weight excluding hydrogens is 236 g/mol. The molecule has 0 aliphatic heterocycles. The summed E-state index contributed by atoms with van der Waals surface area (Å²) in [4.78, 5) is 0. The lowest BCUT2D eigenvalue weighted by Crippen LogP contribution is -1.93. The molecule has 0 aromatic heterocycles. The van der Waals surface area contributed by atoms with Crippen molar-refractivity contribution in [2.75, 3.05) is 0 Å². The van der Waals surface area contributed by atoms with E-state index in [1.807, 2.05) is 31.2 Å². The summed E-state index contributed by atoms with van der Waals surface area (Å²) >= 11 is 6.00. The second-order valence-electron chi connectivity index (χ2n) is 3.74. The van der Waals surface area contributed by atoms with Crippen molar-refractivity contribution in [2.45, 2.75) is 13.5 Å². The molecule has 1 N–H and O–H groups in total. The van der Waals surface area contributed by atoms with Crippen LogP contribution < -0.4 is 4.74 Å². The van der Waals surface area contributed by atoms with E-state index in [1.165, 1.54) is 0 Å². The van der Waals surface area contributed by atoms with Crippen molar-refractivity contribution in [2.24, 2.45) is 0 Å². The standard InChI is InChI=1S/C14H13ClO2/c1-10-5-2-3-7-13(10)17-14-8-4-6-12(15)11(14)9-16/h2-8,16H,9H2,1H3. The normalized spacial score (nSPS) is 10.3. The molecule has 0 bridgehead atoms. The number of hydrogen-bond acceptors (Lipinski definition) is 2. The van der Waals surface area contributed by atoms with Crippen LogP contribution in [-0.2, 0) is 6.61 Å². The lowest BCUT2D eigenvalue weighted by Gasteiger charge is -2.12. The van der Waals surface area contributed by atoms with Crippen molar-refractivity contribution < 1.29 is 9.84 Å². The van der Waals surface area contributed by atoms with E-state index >= 15 is 0 Å². The van der Waals surface area contributed by atoms with E-state index in [4.69, 9.17) is 16.3 Å². The van der Waals surface area contributed by atoms with Crippen LogP contribution in [0.3, 0.4) is 0 Å². The predicted octanol–water partition coefficient (Wildman–Crippen LogP) is 3.93. The molecule has 0 saturated carbocycles. The maximum absolute atomic E-state index is 9.28. The summed E-state index contributed by atoms with van der Waals surface area (Å²) in [6.45, 7) is 1.83. The third-order valence-corrected chi connectivity index (χ3v) is 2.90. The second-order valence-corrected chi connectivity index (χ2v) is 4.15. The minimum Gasteiger partial charge on any atom is -0.457 e. The molecule has 2 nitrogen and oxygen atoms in total. The monoisotopic (exact) mass is 248 g/mol. The van der Waals surface area contributed by atoms with Crippen molar-refractivity contribution in [3.8, 4) is 11.5 Å². The van der Waals surface area contributed by atoms with Gasteiger partial charge in [-0.1, -0.05) is 35.9 Å². The van der Waals surface area contributed by atoms with E-state index in [1.54, 1.807) is 18.2 Å². The number of rotatable bonds is 3. The van der Waals surface area contributed by atoms with Gasteiger partial charge in [0.25, 0.3) is 0 Å². The van der Waals surface area contributed by atoms with E-state index < -0.39 is 0 Å². The molecule has 0 atom stereocenters. The molecule has 0 radical (unpaired) electrons. The highest BCUT2D eigenvalue weighted by molar-refractivity contribution is 6.31. The van der Waals surface area contributed by atoms with Gasteiger partial charge in [-0.3, -0.25) is 0 Å². The highest BCUT2D eigenvalue weighted by Gasteiger charge is 2.08. The average molecular weight is 249 g/mol. The van der Waals surface area contributed by atoms with E-state index in [0.29, 0.717) is 16.3 Å². The first-order valence-electron chi connectivity index (χ1n) is 5.34. The molecule has 0 heterocycles. The smallest absolute Gasteiger partial charge is 0.134 e. The average Bonchev–Trinajstić information content (AvgIpc) is 2.32. The summed E-state index contributed by atoms with van der Waals surface area (Å²) in [6.07, 6.45) is 0. The zero-order valence-electron chi connectivity index (χ0n) is 9.48. The first kappa shape index (κ1) is 12.0. The Morgan fingerprint density at radius 2 is 1.76 bits per heavy atom. The molecule has 2 rings (SSSR count). The Balaban J connectivity index is 2.37. The SMILES string of the molecule is Cc1ccccc1Oc1cccc(Cl)c1CO. The lowest BCUT2D eigenvalue weighted by atomic mass is 10.2. The van der Waals surface area contributed by atoms with Gasteiger partial charge < -0.3 is 9.84 Å². The topological polar surface area (TPSA) is 29.5 Å². The zero-order chi connectivity index (χ0) is 12.3. The Morgan fingerprint density at radius 3 is 2.47 bits per heavy atom. The van der Waals surface area contributed by atoms with Gasteiger partial charge in [-0.05, 0) is 30.7 Å². The number of aliphatic hydroxyl groups is 1.